The second-order valence-electron chi connectivity index (χ2n) is 8.98. The first kappa shape index (κ1) is 24.8. The normalized spacial score (nSPS) is 17.5. The molecule has 1 saturated carbocycles. The Bertz CT molecular complexity index is 864. The Labute approximate surface area is 196 Å². The van der Waals surface area contributed by atoms with Crippen LogP contribution >= 0.6 is 0 Å². The maximum Gasteiger partial charge on any atom is 0.307 e. The van der Waals surface area contributed by atoms with Crippen molar-refractivity contribution in [2.75, 3.05) is 5.32 Å². The number of rotatable bonds is 5. The van der Waals surface area contributed by atoms with Gasteiger partial charge in [0.05, 0.1) is 17.4 Å². The average Bonchev–Trinajstić information content (AvgIpc) is 3.30. The smallest absolute Gasteiger partial charge is 0.307 e. The molecule has 1 heterocycles. The maximum atomic E-state index is 12.8. The van der Waals surface area contributed by atoms with E-state index in [0.717, 1.165) is 25.7 Å². The number of phenols is 1. The van der Waals surface area contributed by atoms with Gasteiger partial charge in [-0.2, -0.15) is 0 Å². The zero-order valence-corrected chi connectivity index (χ0v) is 19.5. The Morgan fingerprint density at radius 3 is 2.09 bits per heavy atom. The van der Waals surface area contributed by atoms with E-state index in [0.29, 0.717) is 12.0 Å². The van der Waals surface area contributed by atoms with Crippen LogP contribution in [0.5, 0.6) is 5.75 Å². The molecule has 1 fully saturated rings. The quantitative estimate of drug-likeness (QED) is 0.368. The van der Waals surface area contributed by atoms with E-state index in [1.165, 1.54) is 70.4 Å². The minimum atomic E-state index is -0.328. The number of oxazole rings is 1. The summed E-state index contributed by atoms with van der Waals surface area (Å²) in [6, 6.07) is 5.02. The lowest BCUT2D eigenvalue weighted by atomic mass is 10.0. The number of carbonyl (C=O) groups is 2. The molecule has 0 aliphatic heterocycles. The lowest BCUT2D eigenvalue weighted by Crippen LogP contribution is -2.35. The summed E-state index contributed by atoms with van der Waals surface area (Å²) in [5.41, 5.74) is 0.627. The maximum absolute atomic E-state index is 12.8. The van der Waals surface area contributed by atoms with Crippen molar-refractivity contribution in [3.8, 4) is 17.1 Å². The van der Waals surface area contributed by atoms with E-state index in [1.807, 2.05) is 0 Å². The molecule has 0 atom stereocenters. The molecule has 1 aliphatic rings. The molecule has 0 radical (unpaired) electrons. The first-order valence-corrected chi connectivity index (χ1v) is 12.5. The Balaban J connectivity index is 1.61. The monoisotopic (exact) mass is 455 g/mol. The molecule has 180 valence electrons. The van der Waals surface area contributed by atoms with Crippen LogP contribution in [0.1, 0.15) is 101 Å². The molecule has 3 rings (SSSR count). The number of aromatic hydroxyl groups is 1. The molecule has 0 spiro atoms. The summed E-state index contributed by atoms with van der Waals surface area (Å²) in [6.45, 7) is 0. The number of nitrogens with zero attached hydrogens (tertiary/aromatic N) is 1. The molecule has 3 N–H and O–H groups in total. The number of anilines is 1. The number of hydrogen-bond donors (Lipinski definition) is 3. The van der Waals surface area contributed by atoms with E-state index >= 15 is 0 Å². The van der Waals surface area contributed by atoms with Crippen LogP contribution in [0.3, 0.4) is 0 Å². The highest BCUT2D eigenvalue weighted by Gasteiger charge is 2.20. The van der Waals surface area contributed by atoms with Crippen LogP contribution in [0, 0.1) is 0 Å². The number of carbonyl (C=O) groups excluding carboxylic acids is 2. The third-order valence-electron chi connectivity index (χ3n) is 6.41. The van der Waals surface area contributed by atoms with Crippen molar-refractivity contribution in [3.05, 3.63) is 30.3 Å². The van der Waals surface area contributed by atoms with Gasteiger partial charge in [0.25, 0.3) is 5.89 Å². The Morgan fingerprint density at radius 1 is 0.939 bits per heavy atom. The van der Waals surface area contributed by atoms with Crippen molar-refractivity contribution in [1.82, 2.24) is 10.3 Å². The molecule has 1 aliphatic carbocycles. The molecule has 0 saturated heterocycles. The predicted molar refractivity (Wildman–Crippen MR) is 129 cm³/mol. The van der Waals surface area contributed by atoms with Crippen molar-refractivity contribution < 1.29 is 19.1 Å². The van der Waals surface area contributed by atoms with Gasteiger partial charge in [-0.1, -0.05) is 83.1 Å². The van der Waals surface area contributed by atoms with Gasteiger partial charge in [-0.25, -0.2) is 4.98 Å². The molecule has 7 nitrogen and oxygen atoms in total. The van der Waals surface area contributed by atoms with Crippen molar-refractivity contribution >= 4 is 18.0 Å². The van der Waals surface area contributed by atoms with Gasteiger partial charge in [0.2, 0.25) is 6.41 Å². The molecule has 2 amide bonds. The van der Waals surface area contributed by atoms with Crippen molar-refractivity contribution in [3.63, 3.8) is 0 Å². The third-order valence-corrected chi connectivity index (χ3v) is 6.41. The van der Waals surface area contributed by atoms with Crippen LogP contribution in [0.25, 0.3) is 11.3 Å². The minimum absolute atomic E-state index is 0.0194. The summed E-state index contributed by atoms with van der Waals surface area (Å²) in [5.74, 6) is -0.205. The molecule has 1 aromatic carbocycles. The summed E-state index contributed by atoms with van der Waals surface area (Å²) in [5, 5.41) is 15.9. The first-order chi connectivity index (χ1) is 16.2. The van der Waals surface area contributed by atoms with Crippen molar-refractivity contribution in [2.24, 2.45) is 0 Å². The van der Waals surface area contributed by atoms with Crippen molar-refractivity contribution in [1.29, 1.82) is 0 Å². The number of aromatic nitrogens is 1. The SMILES string of the molecule is O=CNc1cccc(-c2cnc(C(=O)NC3CCCCCCCCCCCCCC3)o2)c1O. The minimum Gasteiger partial charge on any atom is -0.505 e. The molecule has 2 aromatic rings. The van der Waals surface area contributed by atoms with Gasteiger partial charge in [0, 0.05) is 6.04 Å². The van der Waals surface area contributed by atoms with E-state index in [9.17, 15) is 14.7 Å². The Hall–Kier alpha value is -2.83. The highest BCUT2D eigenvalue weighted by molar-refractivity contribution is 5.90. The number of phenolic OH excluding ortho intramolecular Hbond substituents is 1. The highest BCUT2D eigenvalue weighted by atomic mass is 16.4. The van der Waals surface area contributed by atoms with Gasteiger partial charge in [0.15, 0.2) is 5.76 Å². The summed E-state index contributed by atoms with van der Waals surface area (Å²) in [4.78, 5) is 27.7. The fourth-order valence-corrected chi connectivity index (χ4v) is 4.51. The summed E-state index contributed by atoms with van der Waals surface area (Å²) in [6.07, 6.45) is 19.1. The van der Waals surface area contributed by atoms with E-state index in [1.54, 1.807) is 18.2 Å². The van der Waals surface area contributed by atoms with E-state index in [-0.39, 0.29) is 35.0 Å². The zero-order valence-electron chi connectivity index (χ0n) is 19.5. The summed E-state index contributed by atoms with van der Waals surface area (Å²) >= 11 is 0. The van der Waals surface area contributed by atoms with E-state index in [4.69, 9.17) is 4.42 Å². The lowest BCUT2D eigenvalue weighted by Gasteiger charge is -2.18. The van der Waals surface area contributed by atoms with Crippen LogP contribution in [0.4, 0.5) is 5.69 Å². The van der Waals surface area contributed by atoms with Crippen LogP contribution in [0.15, 0.2) is 28.8 Å². The van der Waals surface area contributed by atoms with Crippen LogP contribution < -0.4 is 10.6 Å². The molecule has 1 aromatic heterocycles. The van der Waals surface area contributed by atoms with E-state index in [2.05, 4.69) is 15.6 Å². The van der Waals surface area contributed by atoms with Gasteiger partial charge < -0.3 is 20.2 Å². The largest absolute Gasteiger partial charge is 0.505 e. The van der Waals surface area contributed by atoms with Crippen LogP contribution in [0.2, 0.25) is 0 Å². The van der Waals surface area contributed by atoms with Gasteiger partial charge in [-0.15, -0.1) is 0 Å². The van der Waals surface area contributed by atoms with Gasteiger partial charge in [-0.3, -0.25) is 9.59 Å². The first-order valence-electron chi connectivity index (χ1n) is 12.5. The topological polar surface area (TPSA) is 104 Å². The van der Waals surface area contributed by atoms with Gasteiger partial charge in [-0.05, 0) is 25.0 Å². The standard InChI is InChI=1S/C26H37N3O4/c30-19-28-22-17-13-16-21(24(22)31)23-18-27-26(33-23)25(32)29-20-14-11-9-7-5-3-1-2-4-6-8-10-12-15-20/h13,16-20,31H,1-12,14-15H2,(H,28,30)(H,29,32). The Morgan fingerprint density at radius 2 is 1.52 bits per heavy atom. The molecule has 7 heteroatoms. The molecule has 0 bridgehead atoms. The second-order valence-corrected chi connectivity index (χ2v) is 8.98. The summed E-state index contributed by atoms with van der Waals surface area (Å²) in [7, 11) is 0. The van der Waals surface area contributed by atoms with Crippen LogP contribution in [-0.4, -0.2) is 28.4 Å². The highest BCUT2D eigenvalue weighted by Crippen LogP contribution is 2.35. The van der Waals surface area contributed by atoms with Crippen molar-refractivity contribution in [2.45, 2.75) is 95.9 Å². The third kappa shape index (κ3) is 7.91. The molecule has 0 unspecified atom stereocenters. The lowest BCUT2D eigenvalue weighted by molar-refractivity contribution is -0.105. The number of para-hydroxylation sites is 1. The van der Waals surface area contributed by atoms with Gasteiger partial charge in [0.1, 0.15) is 5.75 Å². The number of nitrogens with one attached hydrogen (secondary N) is 2. The fraction of sp³-hybridized carbons (Fsp3) is 0.577. The zero-order chi connectivity index (χ0) is 23.3. The number of benzene rings is 1. The fourth-order valence-electron chi connectivity index (χ4n) is 4.51. The van der Waals surface area contributed by atoms with Gasteiger partial charge >= 0.3 is 5.91 Å². The Kier molecular flexibility index (Phi) is 10.3. The average molecular weight is 456 g/mol. The molecular weight excluding hydrogens is 418 g/mol. The van der Waals surface area contributed by atoms with Crippen LogP contribution in [-0.2, 0) is 4.79 Å². The number of amides is 2. The molecule has 33 heavy (non-hydrogen) atoms. The van der Waals surface area contributed by atoms with E-state index < -0.39 is 0 Å². The second kappa shape index (κ2) is 13.7. The summed E-state index contributed by atoms with van der Waals surface area (Å²) < 4.78 is 5.67. The molecular formula is C26H37N3O4. The number of hydrogen-bond acceptors (Lipinski definition) is 5. The predicted octanol–water partition coefficient (Wildman–Crippen LogP) is 6.19.